The highest BCUT2D eigenvalue weighted by Gasteiger charge is 2.37. The van der Waals surface area contributed by atoms with E-state index < -0.39 is 5.54 Å². The molecule has 172 valence electrons. The Morgan fingerprint density at radius 3 is 2.58 bits per heavy atom. The molecule has 1 aliphatic rings. The maximum Gasteiger partial charge on any atom is 0.220 e. The normalized spacial score (nSPS) is 17.6. The minimum Gasteiger partial charge on any atom is -0.497 e. The molecule has 1 atom stereocenters. The molecule has 33 heavy (non-hydrogen) atoms. The highest BCUT2D eigenvalue weighted by molar-refractivity contribution is 5.83. The second-order valence-electron chi connectivity index (χ2n) is 8.64. The van der Waals surface area contributed by atoms with Crippen LogP contribution in [-0.4, -0.2) is 31.6 Å². The van der Waals surface area contributed by atoms with E-state index in [9.17, 15) is 9.59 Å². The summed E-state index contributed by atoms with van der Waals surface area (Å²) >= 11 is 0. The fourth-order valence-corrected chi connectivity index (χ4v) is 4.55. The maximum absolute atomic E-state index is 12.7. The minimum atomic E-state index is -0.394. The molecule has 0 bridgehead atoms. The number of methoxy groups -OCH3 is 2. The van der Waals surface area contributed by atoms with Crippen molar-refractivity contribution < 1.29 is 19.1 Å². The molecule has 1 fully saturated rings. The third kappa shape index (κ3) is 5.45. The lowest BCUT2D eigenvalue weighted by Crippen LogP contribution is -2.44. The molecule has 1 heterocycles. The number of hydrogen-bond donors (Lipinski definition) is 2. The highest BCUT2D eigenvalue weighted by Crippen LogP contribution is 2.31. The van der Waals surface area contributed by atoms with Gasteiger partial charge in [-0.2, -0.15) is 0 Å². The summed E-state index contributed by atoms with van der Waals surface area (Å²) in [6.45, 7) is 0.371. The van der Waals surface area contributed by atoms with Gasteiger partial charge in [-0.05, 0) is 47.7 Å². The fourth-order valence-electron chi connectivity index (χ4n) is 4.55. The first kappa shape index (κ1) is 22.6. The van der Waals surface area contributed by atoms with Gasteiger partial charge in [0.05, 0.1) is 14.2 Å². The average Bonchev–Trinajstić information content (AvgIpc) is 3.21. The second-order valence-corrected chi connectivity index (χ2v) is 8.64. The standard InChI is InChI=1S/C27H30N2O4/c1-32-23-10-9-22(24(16-23)33-2)18-28-25(30)11-13-27(14-12-26(31)29-27)17-19-7-8-20-5-3-4-6-21(20)15-19/h3-10,15-16H,11-14,17-18H2,1-2H3,(H,28,30)(H,29,31)/t27-/m0/s1. The fraction of sp³-hybridized carbons (Fsp3) is 0.333. The van der Waals surface area contributed by atoms with Crippen molar-refractivity contribution in [1.82, 2.24) is 10.6 Å². The van der Waals surface area contributed by atoms with Crippen molar-refractivity contribution in [3.05, 3.63) is 71.8 Å². The Morgan fingerprint density at radius 2 is 1.85 bits per heavy atom. The van der Waals surface area contributed by atoms with Gasteiger partial charge in [-0.25, -0.2) is 0 Å². The van der Waals surface area contributed by atoms with Gasteiger partial charge in [-0.1, -0.05) is 42.5 Å². The van der Waals surface area contributed by atoms with Gasteiger partial charge in [0.2, 0.25) is 11.8 Å². The van der Waals surface area contributed by atoms with Crippen molar-refractivity contribution in [3.8, 4) is 11.5 Å². The van der Waals surface area contributed by atoms with E-state index in [1.54, 1.807) is 20.3 Å². The van der Waals surface area contributed by atoms with Gasteiger partial charge in [0.15, 0.2) is 0 Å². The number of carbonyl (C=O) groups is 2. The zero-order chi connectivity index (χ0) is 23.3. The van der Waals surface area contributed by atoms with E-state index in [2.05, 4.69) is 41.0 Å². The molecule has 2 amide bonds. The molecule has 1 aliphatic heterocycles. The van der Waals surface area contributed by atoms with Crippen LogP contribution >= 0.6 is 0 Å². The Kier molecular flexibility index (Phi) is 6.82. The molecule has 4 rings (SSSR count). The van der Waals surface area contributed by atoms with Crippen LogP contribution in [0.4, 0.5) is 0 Å². The molecule has 0 aliphatic carbocycles. The number of benzene rings is 3. The average molecular weight is 447 g/mol. The van der Waals surface area contributed by atoms with Crippen LogP contribution in [0.3, 0.4) is 0 Å². The van der Waals surface area contributed by atoms with E-state index in [1.807, 2.05) is 24.3 Å². The largest absolute Gasteiger partial charge is 0.497 e. The van der Waals surface area contributed by atoms with Crippen molar-refractivity contribution in [1.29, 1.82) is 0 Å². The number of amides is 2. The maximum atomic E-state index is 12.7. The van der Waals surface area contributed by atoms with E-state index in [4.69, 9.17) is 9.47 Å². The van der Waals surface area contributed by atoms with Crippen molar-refractivity contribution in [2.45, 2.75) is 44.2 Å². The molecule has 6 nitrogen and oxygen atoms in total. The lowest BCUT2D eigenvalue weighted by Gasteiger charge is -2.29. The van der Waals surface area contributed by atoms with Crippen LogP contribution in [-0.2, 0) is 22.6 Å². The predicted molar refractivity (Wildman–Crippen MR) is 128 cm³/mol. The number of rotatable bonds is 9. The Hall–Kier alpha value is -3.54. The number of hydrogen-bond acceptors (Lipinski definition) is 4. The van der Waals surface area contributed by atoms with Gasteiger partial charge in [-0.3, -0.25) is 9.59 Å². The van der Waals surface area contributed by atoms with Gasteiger partial charge in [-0.15, -0.1) is 0 Å². The third-order valence-corrected chi connectivity index (χ3v) is 6.39. The van der Waals surface area contributed by atoms with E-state index in [0.717, 1.165) is 12.0 Å². The van der Waals surface area contributed by atoms with Crippen LogP contribution in [0.25, 0.3) is 10.8 Å². The van der Waals surface area contributed by atoms with Crippen molar-refractivity contribution in [2.24, 2.45) is 0 Å². The molecule has 3 aromatic carbocycles. The molecule has 3 aromatic rings. The highest BCUT2D eigenvalue weighted by atomic mass is 16.5. The van der Waals surface area contributed by atoms with Crippen molar-refractivity contribution in [2.75, 3.05) is 14.2 Å². The van der Waals surface area contributed by atoms with Gasteiger partial charge in [0.1, 0.15) is 11.5 Å². The quantitative estimate of drug-likeness (QED) is 0.518. The number of nitrogens with one attached hydrogen (secondary N) is 2. The molecule has 2 N–H and O–H groups in total. The first-order valence-corrected chi connectivity index (χ1v) is 11.3. The summed E-state index contributed by atoms with van der Waals surface area (Å²) in [5.41, 5.74) is 1.65. The van der Waals surface area contributed by atoms with Gasteiger partial charge in [0, 0.05) is 36.6 Å². The van der Waals surface area contributed by atoms with Gasteiger partial charge in [0.25, 0.3) is 0 Å². The molecule has 0 aromatic heterocycles. The Balaban J connectivity index is 1.39. The molecule has 0 saturated carbocycles. The van der Waals surface area contributed by atoms with Crippen LogP contribution in [0.2, 0.25) is 0 Å². The molecule has 0 unspecified atom stereocenters. The summed E-state index contributed by atoms with van der Waals surface area (Å²) in [5, 5.41) is 8.53. The smallest absolute Gasteiger partial charge is 0.220 e. The number of ether oxygens (including phenoxy) is 2. The molecule has 1 saturated heterocycles. The molecule has 6 heteroatoms. The van der Waals surface area contributed by atoms with Gasteiger partial charge >= 0.3 is 0 Å². The summed E-state index contributed by atoms with van der Waals surface area (Å²) in [5.74, 6) is 1.38. The van der Waals surface area contributed by atoms with Crippen molar-refractivity contribution in [3.63, 3.8) is 0 Å². The van der Waals surface area contributed by atoms with Crippen LogP contribution < -0.4 is 20.1 Å². The van der Waals surface area contributed by atoms with Gasteiger partial charge < -0.3 is 20.1 Å². The summed E-state index contributed by atoms with van der Waals surface area (Å²) in [6.07, 6.45) is 2.88. The first-order chi connectivity index (χ1) is 16.0. The topological polar surface area (TPSA) is 76.7 Å². The number of fused-ring (bicyclic) bond motifs is 1. The van der Waals surface area contributed by atoms with E-state index in [1.165, 1.54) is 16.3 Å². The second kappa shape index (κ2) is 9.94. The molecule has 0 spiro atoms. The van der Waals surface area contributed by atoms with Crippen LogP contribution in [0.15, 0.2) is 60.7 Å². The number of carbonyl (C=O) groups excluding carboxylic acids is 2. The molecule has 0 radical (unpaired) electrons. The predicted octanol–water partition coefficient (Wildman–Crippen LogP) is 4.14. The Bertz CT molecular complexity index is 1160. The minimum absolute atomic E-state index is 0.0492. The van der Waals surface area contributed by atoms with Crippen LogP contribution in [0.1, 0.15) is 36.8 Å². The first-order valence-electron chi connectivity index (χ1n) is 11.3. The van der Waals surface area contributed by atoms with Crippen LogP contribution in [0, 0.1) is 0 Å². The zero-order valence-corrected chi connectivity index (χ0v) is 19.1. The summed E-state index contributed by atoms with van der Waals surface area (Å²) in [6, 6.07) is 20.2. The van der Waals surface area contributed by atoms with Crippen LogP contribution in [0.5, 0.6) is 11.5 Å². The third-order valence-electron chi connectivity index (χ3n) is 6.39. The van der Waals surface area contributed by atoms with E-state index in [0.29, 0.717) is 43.7 Å². The monoisotopic (exact) mass is 446 g/mol. The van der Waals surface area contributed by atoms with E-state index in [-0.39, 0.29) is 11.8 Å². The molecular formula is C27H30N2O4. The lowest BCUT2D eigenvalue weighted by molar-refractivity contribution is -0.122. The van der Waals surface area contributed by atoms with E-state index >= 15 is 0 Å². The summed E-state index contributed by atoms with van der Waals surface area (Å²) in [7, 11) is 3.20. The Morgan fingerprint density at radius 1 is 1.03 bits per heavy atom. The Labute approximate surface area is 194 Å². The molecular weight excluding hydrogens is 416 g/mol. The summed E-state index contributed by atoms with van der Waals surface area (Å²) in [4.78, 5) is 24.8. The zero-order valence-electron chi connectivity index (χ0n) is 19.1. The summed E-state index contributed by atoms with van der Waals surface area (Å²) < 4.78 is 10.6. The lowest BCUT2D eigenvalue weighted by atomic mass is 9.84. The van der Waals surface area contributed by atoms with Crippen molar-refractivity contribution >= 4 is 22.6 Å². The SMILES string of the molecule is COc1ccc(CNC(=O)CC[C@@]2(Cc3ccc4ccccc4c3)CCC(=O)N2)c(OC)c1.